The fourth-order valence-electron chi connectivity index (χ4n) is 2.83. The number of hydrogen-bond donors (Lipinski definition) is 2. The van der Waals surface area contributed by atoms with E-state index in [1.165, 1.54) is 0 Å². The van der Waals surface area contributed by atoms with Gasteiger partial charge in [-0.05, 0) is 44.8 Å². The number of nitrogens with zero attached hydrogens (tertiary/aromatic N) is 1. The first-order valence-electron chi connectivity index (χ1n) is 7.92. The van der Waals surface area contributed by atoms with Gasteiger partial charge in [-0.2, -0.15) is 0 Å². The van der Waals surface area contributed by atoms with Crippen LogP contribution in [0.5, 0.6) is 5.75 Å². The average molecular weight is 306 g/mol. The summed E-state index contributed by atoms with van der Waals surface area (Å²) < 4.78 is 5.61. The Balaban J connectivity index is 1.91. The van der Waals surface area contributed by atoms with Crippen molar-refractivity contribution < 1.29 is 14.6 Å². The van der Waals surface area contributed by atoms with Crippen molar-refractivity contribution >= 4 is 5.91 Å². The molecule has 0 radical (unpaired) electrons. The molecule has 1 saturated heterocycles. The van der Waals surface area contributed by atoms with Gasteiger partial charge in [-0.1, -0.05) is 18.2 Å². The van der Waals surface area contributed by atoms with Gasteiger partial charge in [0.1, 0.15) is 5.75 Å². The molecule has 5 nitrogen and oxygen atoms in total. The molecule has 1 heterocycles. The fourth-order valence-corrected chi connectivity index (χ4v) is 2.83. The van der Waals surface area contributed by atoms with E-state index in [1.807, 2.05) is 31.2 Å². The Kier molecular flexibility index (Phi) is 6.21. The summed E-state index contributed by atoms with van der Waals surface area (Å²) in [5.41, 5.74) is 1.10. The van der Waals surface area contributed by atoms with Gasteiger partial charge in [-0.3, -0.25) is 9.69 Å². The van der Waals surface area contributed by atoms with Gasteiger partial charge in [-0.25, -0.2) is 0 Å². The quantitative estimate of drug-likeness (QED) is 0.834. The summed E-state index contributed by atoms with van der Waals surface area (Å²) in [7, 11) is 1.60. The van der Waals surface area contributed by atoms with Crippen molar-refractivity contribution in [2.24, 2.45) is 5.92 Å². The molecule has 0 saturated carbocycles. The molecule has 1 aromatic carbocycles. The van der Waals surface area contributed by atoms with Crippen LogP contribution in [0.1, 0.15) is 25.3 Å². The highest BCUT2D eigenvalue weighted by atomic mass is 16.5. The lowest BCUT2D eigenvalue weighted by atomic mass is 9.92. The molecule has 1 amide bonds. The maximum absolute atomic E-state index is 11.3. The van der Waals surface area contributed by atoms with Gasteiger partial charge in [0.2, 0.25) is 0 Å². The molecule has 1 aliphatic heterocycles. The van der Waals surface area contributed by atoms with Gasteiger partial charge in [0.15, 0.2) is 6.61 Å². The van der Waals surface area contributed by atoms with Crippen molar-refractivity contribution in [3.63, 3.8) is 0 Å². The Labute approximate surface area is 132 Å². The van der Waals surface area contributed by atoms with Gasteiger partial charge < -0.3 is 15.2 Å². The number of hydrogen-bond acceptors (Lipinski definition) is 4. The number of carbonyl (C=O) groups is 1. The number of aliphatic hydroxyl groups is 1. The molecule has 1 aromatic rings. The number of carbonyl (C=O) groups excluding carboxylic acids is 1. The first-order chi connectivity index (χ1) is 10.6. The molecule has 0 aliphatic carbocycles. The van der Waals surface area contributed by atoms with Gasteiger partial charge >= 0.3 is 0 Å². The first kappa shape index (κ1) is 16.8. The molecule has 1 unspecified atom stereocenters. The normalized spacial score (nSPS) is 18.0. The van der Waals surface area contributed by atoms with Crippen molar-refractivity contribution in [1.29, 1.82) is 0 Å². The highest BCUT2D eigenvalue weighted by Gasteiger charge is 2.23. The Morgan fingerprint density at radius 2 is 2.09 bits per heavy atom. The van der Waals surface area contributed by atoms with E-state index >= 15 is 0 Å². The number of likely N-dealkylation sites (tertiary alicyclic amines) is 1. The standard InChI is InChI=1S/C17H26N2O3/c1-13(20)14-7-9-19(10-8-14)11-15-5-3-4-6-16(15)22-12-17(21)18-2/h3-6,13-14,20H,7-12H2,1-2H3,(H,18,21). The van der Waals surface area contributed by atoms with Crippen molar-refractivity contribution in [2.75, 3.05) is 26.7 Å². The number of rotatable bonds is 6. The molecule has 0 spiro atoms. The molecule has 22 heavy (non-hydrogen) atoms. The van der Waals surface area contributed by atoms with Crippen molar-refractivity contribution in [3.8, 4) is 5.75 Å². The van der Waals surface area contributed by atoms with E-state index in [4.69, 9.17) is 4.74 Å². The van der Waals surface area contributed by atoms with E-state index in [-0.39, 0.29) is 18.6 Å². The molecular weight excluding hydrogens is 280 g/mol. The number of aliphatic hydroxyl groups excluding tert-OH is 1. The largest absolute Gasteiger partial charge is 0.483 e. The van der Waals surface area contributed by atoms with E-state index in [1.54, 1.807) is 7.05 Å². The lowest BCUT2D eigenvalue weighted by molar-refractivity contribution is -0.122. The van der Waals surface area contributed by atoms with E-state index in [0.717, 1.165) is 43.8 Å². The van der Waals surface area contributed by atoms with Gasteiger partial charge in [0, 0.05) is 19.2 Å². The number of para-hydroxylation sites is 1. The van der Waals surface area contributed by atoms with Crippen LogP contribution in [0.15, 0.2) is 24.3 Å². The minimum atomic E-state index is -0.217. The number of ether oxygens (including phenoxy) is 1. The van der Waals surface area contributed by atoms with Gasteiger partial charge in [-0.15, -0.1) is 0 Å². The molecule has 5 heteroatoms. The maximum atomic E-state index is 11.3. The predicted octanol–water partition coefficient (Wildman–Crippen LogP) is 1.40. The highest BCUT2D eigenvalue weighted by molar-refractivity contribution is 5.77. The van der Waals surface area contributed by atoms with Crippen molar-refractivity contribution in [3.05, 3.63) is 29.8 Å². The van der Waals surface area contributed by atoms with Crippen LogP contribution in [0.4, 0.5) is 0 Å². The van der Waals surface area contributed by atoms with Gasteiger partial charge in [0.25, 0.3) is 5.91 Å². The molecule has 0 aromatic heterocycles. The third-order valence-electron chi connectivity index (χ3n) is 4.32. The number of amides is 1. The summed E-state index contributed by atoms with van der Waals surface area (Å²) >= 11 is 0. The van der Waals surface area contributed by atoms with Crippen molar-refractivity contribution in [2.45, 2.75) is 32.4 Å². The third kappa shape index (κ3) is 4.71. The van der Waals surface area contributed by atoms with Crippen LogP contribution in [0.25, 0.3) is 0 Å². The molecule has 1 fully saturated rings. The van der Waals surface area contributed by atoms with Crippen LogP contribution in [0, 0.1) is 5.92 Å². The Morgan fingerprint density at radius 1 is 1.41 bits per heavy atom. The second kappa shape index (κ2) is 8.15. The second-order valence-electron chi connectivity index (χ2n) is 5.92. The van der Waals surface area contributed by atoms with E-state index in [9.17, 15) is 9.90 Å². The summed E-state index contributed by atoms with van der Waals surface area (Å²) in [6.07, 6.45) is 1.84. The Morgan fingerprint density at radius 3 is 2.73 bits per heavy atom. The molecule has 2 N–H and O–H groups in total. The Bertz CT molecular complexity index is 483. The number of likely N-dealkylation sites (N-methyl/N-ethyl adjacent to an activating group) is 1. The van der Waals surface area contributed by atoms with Gasteiger partial charge in [0.05, 0.1) is 6.10 Å². The number of nitrogens with one attached hydrogen (secondary N) is 1. The number of piperidine rings is 1. The van der Waals surface area contributed by atoms with Crippen LogP contribution < -0.4 is 10.1 Å². The highest BCUT2D eigenvalue weighted by Crippen LogP contribution is 2.25. The topological polar surface area (TPSA) is 61.8 Å². The summed E-state index contributed by atoms with van der Waals surface area (Å²) in [5, 5.41) is 12.2. The lowest BCUT2D eigenvalue weighted by Crippen LogP contribution is -2.36. The molecule has 2 rings (SSSR count). The lowest BCUT2D eigenvalue weighted by Gasteiger charge is -2.33. The zero-order valence-electron chi connectivity index (χ0n) is 13.4. The molecule has 1 aliphatic rings. The summed E-state index contributed by atoms with van der Waals surface area (Å²) in [6.45, 7) is 4.70. The predicted molar refractivity (Wildman–Crippen MR) is 85.7 cm³/mol. The maximum Gasteiger partial charge on any atom is 0.257 e. The molecule has 122 valence electrons. The minimum absolute atomic E-state index is 0.0393. The molecular formula is C17H26N2O3. The number of benzene rings is 1. The average Bonchev–Trinajstić information content (AvgIpc) is 2.54. The third-order valence-corrected chi connectivity index (χ3v) is 4.32. The van der Waals surface area contributed by atoms with Crippen LogP contribution in [-0.4, -0.2) is 48.8 Å². The summed E-state index contributed by atoms with van der Waals surface area (Å²) in [4.78, 5) is 13.7. The van der Waals surface area contributed by atoms with Crippen molar-refractivity contribution in [1.82, 2.24) is 10.2 Å². The monoisotopic (exact) mass is 306 g/mol. The zero-order valence-corrected chi connectivity index (χ0v) is 13.4. The smallest absolute Gasteiger partial charge is 0.257 e. The SMILES string of the molecule is CNC(=O)COc1ccccc1CN1CCC(C(C)O)CC1. The Hall–Kier alpha value is -1.59. The van der Waals surface area contributed by atoms with E-state index in [2.05, 4.69) is 10.2 Å². The summed E-state index contributed by atoms with van der Waals surface area (Å²) in [6, 6.07) is 7.85. The van der Waals surface area contributed by atoms with Crippen LogP contribution in [-0.2, 0) is 11.3 Å². The minimum Gasteiger partial charge on any atom is -0.483 e. The van der Waals surface area contributed by atoms with E-state index < -0.39 is 0 Å². The first-order valence-corrected chi connectivity index (χ1v) is 7.92. The zero-order chi connectivity index (χ0) is 15.9. The molecule has 1 atom stereocenters. The summed E-state index contributed by atoms with van der Waals surface area (Å²) in [5.74, 6) is 1.05. The van der Waals surface area contributed by atoms with Crippen LogP contribution in [0.2, 0.25) is 0 Å². The van der Waals surface area contributed by atoms with E-state index in [0.29, 0.717) is 5.92 Å². The van der Waals surface area contributed by atoms with Crippen LogP contribution in [0.3, 0.4) is 0 Å². The fraction of sp³-hybridized carbons (Fsp3) is 0.588. The van der Waals surface area contributed by atoms with Crippen LogP contribution >= 0.6 is 0 Å². The molecule has 0 bridgehead atoms. The second-order valence-corrected chi connectivity index (χ2v) is 5.92.